The Morgan fingerprint density at radius 1 is 1.02 bits per heavy atom. The third kappa shape index (κ3) is 4.53. The molecule has 4 aliphatic carbocycles. The highest BCUT2D eigenvalue weighted by molar-refractivity contribution is 8.14. The van der Waals surface area contributed by atoms with Gasteiger partial charge in [0.05, 0.1) is 12.0 Å². The molecule has 41 heavy (non-hydrogen) atoms. The SMILES string of the molecule is CN(C)c1ccc(O)c2c1[C@H](C(=O)SC1CCCCC1)C1CC3[C@H](N(C)C)C(=O)C(C(N)=O)=C(O)[C@@]3(O)C(O)=C1C2. The second-order valence-corrected chi connectivity index (χ2v) is 13.5. The van der Waals surface area contributed by atoms with Crippen molar-refractivity contribution in [3.05, 3.63) is 45.9 Å². The lowest BCUT2D eigenvalue weighted by Crippen LogP contribution is -2.62. The number of phenolic OH excluding ortho intramolecular Hbond substituents is 1. The van der Waals surface area contributed by atoms with Crippen molar-refractivity contribution in [1.82, 2.24) is 4.90 Å². The number of hydrogen-bond acceptors (Lipinski definition) is 10. The Kier molecular flexibility index (Phi) is 7.67. The number of rotatable bonds is 5. The molecular weight excluding hydrogens is 546 g/mol. The molecule has 11 heteroatoms. The third-order valence-electron chi connectivity index (χ3n) is 9.41. The van der Waals surface area contributed by atoms with Gasteiger partial charge in [0, 0.05) is 42.9 Å². The third-order valence-corrected chi connectivity index (χ3v) is 10.7. The van der Waals surface area contributed by atoms with E-state index in [4.69, 9.17) is 5.73 Å². The number of allylic oxidation sites excluding steroid dienone is 1. The van der Waals surface area contributed by atoms with Crippen molar-refractivity contribution in [2.45, 2.75) is 67.8 Å². The number of phenols is 1. The van der Waals surface area contributed by atoms with E-state index in [1.807, 2.05) is 19.0 Å². The number of hydrogen-bond donors (Lipinski definition) is 5. The molecule has 0 aromatic heterocycles. The van der Waals surface area contributed by atoms with Crippen LogP contribution in [0.25, 0.3) is 0 Å². The maximum atomic E-state index is 14.3. The maximum Gasteiger partial charge on any atom is 0.255 e. The Hall–Kier alpha value is -3.02. The number of ketones is 1. The Balaban J connectivity index is 1.74. The zero-order valence-corrected chi connectivity index (χ0v) is 24.7. The molecule has 6 N–H and O–H groups in total. The van der Waals surface area contributed by atoms with Crippen molar-refractivity contribution in [1.29, 1.82) is 0 Å². The summed E-state index contributed by atoms with van der Waals surface area (Å²) in [6.45, 7) is 0. The number of Topliss-reactive ketones (excluding diaryl/α,β-unsaturated/α-hetero) is 1. The van der Waals surface area contributed by atoms with Gasteiger partial charge in [-0.1, -0.05) is 31.0 Å². The highest BCUT2D eigenvalue weighted by atomic mass is 32.2. The molecule has 0 spiro atoms. The number of anilines is 1. The molecule has 5 atom stereocenters. The van der Waals surface area contributed by atoms with E-state index in [0.29, 0.717) is 16.7 Å². The van der Waals surface area contributed by atoms with Crippen LogP contribution in [-0.2, 0) is 20.8 Å². The maximum absolute atomic E-state index is 14.3. The topological polar surface area (TPSA) is 165 Å². The number of likely N-dealkylation sites (N-methyl/N-ethyl adjacent to an activating group) is 1. The molecule has 1 amide bonds. The summed E-state index contributed by atoms with van der Waals surface area (Å²) in [5, 5.41) is 46.0. The first-order valence-electron chi connectivity index (χ1n) is 14.1. The molecule has 0 radical (unpaired) electrons. The molecule has 222 valence electrons. The minimum atomic E-state index is -2.46. The van der Waals surface area contributed by atoms with E-state index in [0.717, 1.165) is 37.8 Å². The van der Waals surface area contributed by atoms with Crippen LogP contribution >= 0.6 is 11.8 Å². The normalized spacial score (nSPS) is 30.1. The van der Waals surface area contributed by atoms with Crippen LogP contribution in [-0.4, -0.2) is 87.2 Å². The molecule has 10 nitrogen and oxygen atoms in total. The minimum absolute atomic E-state index is 0.0199. The molecule has 2 unspecified atom stereocenters. The van der Waals surface area contributed by atoms with Crippen LogP contribution < -0.4 is 10.6 Å². The van der Waals surface area contributed by atoms with Crippen LogP contribution in [0.1, 0.15) is 55.6 Å². The van der Waals surface area contributed by atoms with Gasteiger partial charge in [0.1, 0.15) is 22.8 Å². The average molecular weight is 586 g/mol. The molecule has 1 fully saturated rings. The van der Waals surface area contributed by atoms with Gasteiger partial charge in [-0.05, 0) is 62.5 Å². The molecule has 0 bridgehead atoms. The molecule has 1 aromatic rings. The van der Waals surface area contributed by atoms with Gasteiger partial charge in [-0.3, -0.25) is 19.3 Å². The highest BCUT2D eigenvalue weighted by Crippen LogP contribution is 2.58. The van der Waals surface area contributed by atoms with E-state index in [2.05, 4.69) is 0 Å². The zero-order valence-electron chi connectivity index (χ0n) is 23.9. The fraction of sp³-hybridized carbons (Fsp3) is 0.567. The van der Waals surface area contributed by atoms with E-state index in [1.54, 1.807) is 26.2 Å². The quantitative estimate of drug-likeness (QED) is 0.325. The van der Waals surface area contributed by atoms with E-state index >= 15 is 0 Å². The first-order valence-corrected chi connectivity index (χ1v) is 15.0. The van der Waals surface area contributed by atoms with Crippen LogP contribution in [0.15, 0.2) is 34.8 Å². The largest absolute Gasteiger partial charge is 0.509 e. The van der Waals surface area contributed by atoms with Gasteiger partial charge in [-0.25, -0.2) is 0 Å². The smallest absolute Gasteiger partial charge is 0.255 e. The molecule has 0 aliphatic heterocycles. The summed E-state index contributed by atoms with van der Waals surface area (Å²) in [6.07, 6.45) is 5.22. The van der Waals surface area contributed by atoms with Crippen LogP contribution in [0.2, 0.25) is 0 Å². The minimum Gasteiger partial charge on any atom is -0.509 e. The molecule has 1 saturated carbocycles. The number of thioether (sulfide) groups is 1. The lowest BCUT2D eigenvalue weighted by atomic mass is 9.57. The molecule has 5 rings (SSSR count). The average Bonchev–Trinajstić information content (AvgIpc) is 2.90. The number of carbonyl (C=O) groups excluding carboxylic acids is 3. The van der Waals surface area contributed by atoms with Gasteiger partial charge in [-0.15, -0.1) is 0 Å². The summed E-state index contributed by atoms with van der Waals surface area (Å²) in [6, 6.07) is 2.22. The number of amides is 1. The molecule has 4 aliphatic rings. The van der Waals surface area contributed by atoms with Crippen molar-refractivity contribution >= 4 is 34.3 Å². The van der Waals surface area contributed by atoms with E-state index in [1.165, 1.54) is 16.7 Å². The summed E-state index contributed by atoms with van der Waals surface area (Å²) in [5.74, 6) is -6.03. The molecule has 0 heterocycles. The lowest BCUT2D eigenvalue weighted by Gasteiger charge is -2.52. The Morgan fingerprint density at radius 3 is 2.27 bits per heavy atom. The number of carbonyl (C=O) groups is 3. The van der Waals surface area contributed by atoms with Gasteiger partial charge in [0.15, 0.2) is 16.5 Å². The fourth-order valence-corrected chi connectivity index (χ4v) is 8.83. The van der Waals surface area contributed by atoms with Crippen molar-refractivity contribution in [3.8, 4) is 5.75 Å². The van der Waals surface area contributed by atoms with Gasteiger partial charge in [-0.2, -0.15) is 0 Å². The standard InChI is InChI=1S/C30H39N3O7S/c1-32(2)19-10-11-20(34)17-12-16-15(22(21(17)19)29(39)41-14-8-6-5-7-9-14)13-18-24(33(3)4)25(35)23(28(31)38)27(37)30(18,40)26(16)36/h10-11,14-15,18,22,24,34,36-37,40H,5-9,12-13H2,1-4H3,(H2,31,38)/t15?,18?,22-,24+,30+/m1/s1. The van der Waals surface area contributed by atoms with Crippen molar-refractivity contribution in [2.24, 2.45) is 17.6 Å². The Labute approximate surface area is 243 Å². The number of primary amides is 1. The molecule has 1 aromatic carbocycles. The predicted octanol–water partition coefficient (Wildman–Crippen LogP) is 2.68. The van der Waals surface area contributed by atoms with Gasteiger partial charge in [0.25, 0.3) is 5.91 Å². The number of nitrogens with zero attached hydrogens (tertiary/aromatic N) is 2. The second-order valence-electron chi connectivity index (χ2n) is 12.2. The van der Waals surface area contributed by atoms with Crippen molar-refractivity contribution in [3.63, 3.8) is 0 Å². The zero-order chi connectivity index (χ0) is 30.0. The van der Waals surface area contributed by atoms with Crippen LogP contribution in [0.4, 0.5) is 5.69 Å². The molecule has 0 saturated heterocycles. The number of fused-ring (bicyclic) bond motifs is 3. The lowest BCUT2D eigenvalue weighted by molar-refractivity contribution is -0.137. The van der Waals surface area contributed by atoms with E-state index in [-0.39, 0.29) is 29.0 Å². The van der Waals surface area contributed by atoms with Crippen LogP contribution in [0, 0.1) is 11.8 Å². The predicted molar refractivity (Wildman–Crippen MR) is 156 cm³/mol. The van der Waals surface area contributed by atoms with Gasteiger partial charge >= 0.3 is 0 Å². The highest BCUT2D eigenvalue weighted by Gasteiger charge is 2.63. The summed E-state index contributed by atoms with van der Waals surface area (Å²) < 4.78 is 0. The van der Waals surface area contributed by atoms with Crippen molar-refractivity contribution < 1.29 is 34.8 Å². The second kappa shape index (κ2) is 10.7. The summed E-state index contributed by atoms with van der Waals surface area (Å²) >= 11 is 1.31. The number of nitrogens with two attached hydrogens (primary N) is 1. The van der Waals surface area contributed by atoms with E-state index < -0.39 is 58.2 Å². The first kappa shape index (κ1) is 29.5. The van der Waals surface area contributed by atoms with Crippen LogP contribution in [0.5, 0.6) is 5.75 Å². The van der Waals surface area contributed by atoms with Gasteiger partial charge < -0.3 is 31.1 Å². The van der Waals surface area contributed by atoms with E-state index in [9.17, 15) is 34.8 Å². The summed E-state index contributed by atoms with van der Waals surface area (Å²) in [4.78, 5) is 43.5. The molecular formula is C30H39N3O7S. The van der Waals surface area contributed by atoms with Gasteiger partial charge in [0.2, 0.25) is 0 Å². The number of benzene rings is 1. The first-order chi connectivity index (χ1) is 19.3. The number of aliphatic hydroxyl groups is 3. The monoisotopic (exact) mass is 585 g/mol. The number of aromatic hydroxyl groups is 1. The van der Waals surface area contributed by atoms with Crippen LogP contribution in [0.3, 0.4) is 0 Å². The Bertz CT molecular complexity index is 1360. The summed E-state index contributed by atoms with van der Waals surface area (Å²) in [5.41, 5.74) is 4.45. The van der Waals surface area contributed by atoms with Crippen molar-refractivity contribution in [2.75, 3.05) is 33.1 Å². The fourth-order valence-electron chi connectivity index (χ4n) is 7.51. The Morgan fingerprint density at radius 2 is 1.68 bits per heavy atom. The summed E-state index contributed by atoms with van der Waals surface area (Å²) in [7, 11) is 6.95. The number of aliphatic hydroxyl groups excluding tert-OH is 2.